The molecule has 0 saturated carbocycles. The molecule has 1 heterocycles. The molecular formula is C23H25N3O3. The molecule has 1 fully saturated rings. The van der Waals surface area contributed by atoms with Gasteiger partial charge in [0.25, 0.3) is 5.91 Å². The van der Waals surface area contributed by atoms with Crippen LogP contribution in [0.25, 0.3) is 0 Å². The Balaban J connectivity index is 1.50. The zero-order valence-electron chi connectivity index (χ0n) is 16.5. The number of fused-ring (bicyclic) bond motifs is 1. The molecule has 4 rings (SSSR count). The number of nitrogens with zero attached hydrogens (tertiary/aromatic N) is 1. The smallest absolute Gasteiger partial charge is 0.324 e. The van der Waals surface area contributed by atoms with Gasteiger partial charge < -0.3 is 10.6 Å². The summed E-state index contributed by atoms with van der Waals surface area (Å²) in [6.07, 6.45) is 4.69. The molecule has 0 unspecified atom stereocenters. The lowest BCUT2D eigenvalue weighted by Gasteiger charge is -2.21. The molecule has 2 N–H and O–H groups in total. The fourth-order valence-electron chi connectivity index (χ4n) is 4.05. The number of benzene rings is 2. The van der Waals surface area contributed by atoms with Crippen LogP contribution in [0.5, 0.6) is 0 Å². The van der Waals surface area contributed by atoms with Crippen LogP contribution in [-0.2, 0) is 24.2 Å². The number of nitrogens with one attached hydrogen (secondary N) is 2. The van der Waals surface area contributed by atoms with E-state index >= 15 is 0 Å². The zero-order valence-corrected chi connectivity index (χ0v) is 16.5. The SMILES string of the molecule is C[C@H](NC(=O)c1ccccc1CN1C(=O)CNC1=O)c1ccc2c(c1)CCCC2. The van der Waals surface area contributed by atoms with Crippen molar-refractivity contribution in [3.63, 3.8) is 0 Å². The van der Waals surface area contributed by atoms with Gasteiger partial charge in [-0.25, -0.2) is 4.79 Å². The summed E-state index contributed by atoms with van der Waals surface area (Å²) in [5.41, 5.74) is 5.01. The molecule has 1 atom stereocenters. The summed E-state index contributed by atoms with van der Waals surface area (Å²) < 4.78 is 0. The fraction of sp³-hybridized carbons (Fsp3) is 0.348. The number of aryl methyl sites for hydroxylation is 2. The number of carbonyl (C=O) groups is 3. The molecule has 2 aliphatic rings. The molecule has 29 heavy (non-hydrogen) atoms. The van der Waals surface area contributed by atoms with Crippen LogP contribution >= 0.6 is 0 Å². The Morgan fingerprint density at radius 1 is 1.10 bits per heavy atom. The van der Waals surface area contributed by atoms with Gasteiger partial charge >= 0.3 is 6.03 Å². The molecule has 4 amide bonds. The number of amides is 4. The van der Waals surface area contributed by atoms with Crippen molar-refractivity contribution in [1.82, 2.24) is 15.5 Å². The van der Waals surface area contributed by atoms with Crippen LogP contribution in [0.4, 0.5) is 4.79 Å². The molecule has 0 aromatic heterocycles. The van der Waals surface area contributed by atoms with Crippen LogP contribution in [0, 0.1) is 0 Å². The lowest BCUT2D eigenvalue weighted by molar-refractivity contribution is -0.125. The first-order chi connectivity index (χ1) is 14.0. The maximum atomic E-state index is 13.0. The van der Waals surface area contributed by atoms with Gasteiger partial charge in [0.15, 0.2) is 0 Å². The van der Waals surface area contributed by atoms with Crippen LogP contribution in [0.3, 0.4) is 0 Å². The fourth-order valence-corrected chi connectivity index (χ4v) is 4.05. The van der Waals surface area contributed by atoms with Crippen LogP contribution in [-0.4, -0.2) is 29.3 Å². The molecule has 1 aliphatic carbocycles. The summed E-state index contributed by atoms with van der Waals surface area (Å²) in [6, 6.07) is 13.0. The maximum Gasteiger partial charge on any atom is 0.324 e. The van der Waals surface area contributed by atoms with Gasteiger partial charge in [-0.3, -0.25) is 14.5 Å². The van der Waals surface area contributed by atoms with Gasteiger partial charge in [0.2, 0.25) is 5.91 Å². The first kappa shape index (κ1) is 19.2. The molecule has 6 heteroatoms. The normalized spacial score (nSPS) is 16.9. The number of rotatable bonds is 5. The monoisotopic (exact) mass is 391 g/mol. The Morgan fingerprint density at radius 3 is 2.62 bits per heavy atom. The Bertz CT molecular complexity index is 954. The quantitative estimate of drug-likeness (QED) is 0.769. The largest absolute Gasteiger partial charge is 0.346 e. The maximum absolute atomic E-state index is 13.0. The van der Waals surface area contributed by atoms with E-state index in [1.54, 1.807) is 24.3 Å². The number of urea groups is 1. The lowest BCUT2D eigenvalue weighted by atomic mass is 9.89. The van der Waals surface area contributed by atoms with Crippen molar-refractivity contribution in [1.29, 1.82) is 0 Å². The van der Waals surface area contributed by atoms with Crippen molar-refractivity contribution in [2.45, 2.75) is 45.2 Å². The Labute approximate surface area is 170 Å². The predicted octanol–water partition coefficient (Wildman–Crippen LogP) is 3.11. The van der Waals surface area contributed by atoms with Crippen LogP contribution in [0.1, 0.15) is 58.4 Å². The van der Waals surface area contributed by atoms with Crippen molar-refractivity contribution in [2.75, 3.05) is 6.54 Å². The number of imide groups is 1. The molecule has 150 valence electrons. The molecule has 2 aromatic rings. The molecule has 0 bridgehead atoms. The standard InChI is InChI=1S/C23H25N3O3/c1-15(17-11-10-16-6-2-3-7-18(16)12-17)25-22(28)20-9-5-4-8-19(20)14-26-21(27)13-24-23(26)29/h4-5,8-12,15H,2-3,6-7,13-14H2,1H3,(H,24,29)(H,25,28)/t15-/m0/s1. The highest BCUT2D eigenvalue weighted by atomic mass is 16.2. The number of hydrogen-bond acceptors (Lipinski definition) is 3. The van der Waals surface area contributed by atoms with E-state index in [-0.39, 0.29) is 30.9 Å². The molecule has 6 nitrogen and oxygen atoms in total. The molecule has 0 spiro atoms. The molecule has 2 aromatic carbocycles. The second-order valence-electron chi connectivity index (χ2n) is 7.73. The van der Waals surface area contributed by atoms with E-state index in [9.17, 15) is 14.4 Å². The van der Waals surface area contributed by atoms with Crippen molar-refractivity contribution in [3.8, 4) is 0 Å². The summed E-state index contributed by atoms with van der Waals surface area (Å²) in [5.74, 6) is -0.495. The van der Waals surface area contributed by atoms with Crippen molar-refractivity contribution in [2.24, 2.45) is 0 Å². The minimum Gasteiger partial charge on any atom is -0.346 e. The van der Waals surface area contributed by atoms with Crippen molar-refractivity contribution < 1.29 is 14.4 Å². The van der Waals surface area contributed by atoms with Gasteiger partial charge in [-0.05, 0) is 60.9 Å². The third-order valence-corrected chi connectivity index (χ3v) is 5.75. The Kier molecular flexibility index (Phi) is 5.34. The highest BCUT2D eigenvalue weighted by Crippen LogP contribution is 2.25. The van der Waals surface area contributed by atoms with E-state index in [2.05, 4.69) is 28.8 Å². The summed E-state index contributed by atoms with van der Waals surface area (Å²) in [5, 5.41) is 5.57. The molecular weight excluding hydrogens is 366 g/mol. The summed E-state index contributed by atoms with van der Waals surface area (Å²) in [6.45, 7) is 2.06. The third kappa shape index (κ3) is 4.01. The van der Waals surface area contributed by atoms with E-state index in [1.165, 1.54) is 24.0 Å². The van der Waals surface area contributed by atoms with Gasteiger partial charge in [0.05, 0.1) is 19.1 Å². The van der Waals surface area contributed by atoms with Crippen molar-refractivity contribution in [3.05, 3.63) is 70.3 Å². The Morgan fingerprint density at radius 2 is 1.86 bits per heavy atom. The van der Waals surface area contributed by atoms with E-state index < -0.39 is 6.03 Å². The van der Waals surface area contributed by atoms with Gasteiger partial charge in [0.1, 0.15) is 0 Å². The zero-order chi connectivity index (χ0) is 20.4. The van der Waals surface area contributed by atoms with Gasteiger partial charge in [-0.2, -0.15) is 0 Å². The lowest BCUT2D eigenvalue weighted by Crippen LogP contribution is -2.32. The number of hydrogen-bond donors (Lipinski definition) is 2. The average molecular weight is 391 g/mol. The van der Waals surface area contributed by atoms with Gasteiger partial charge in [0, 0.05) is 5.56 Å². The minimum atomic E-state index is -0.423. The topological polar surface area (TPSA) is 78.5 Å². The summed E-state index contributed by atoms with van der Waals surface area (Å²) in [4.78, 5) is 37.8. The molecule has 0 radical (unpaired) electrons. The van der Waals surface area contributed by atoms with Crippen LogP contribution in [0.15, 0.2) is 42.5 Å². The van der Waals surface area contributed by atoms with Gasteiger partial charge in [-0.1, -0.05) is 36.4 Å². The second-order valence-corrected chi connectivity index (χ2v) is 7.73. The highest BCUT2D eigenvalue weighted by Gasteiger charge is 2.29. The number of carbonyl (C=O) groups excluding carboxylic acids is 3. The van der Waals surface area contributed by atoms with E-state index in [4.69, 9.17) is 0 Å². The van der Waals surface area contributed by atoms with E-state index in [1.807, 2.05) is 6.92 Å². The average Bonchev–Trinajstić information content (AvgIpc) is 3.05. The van der Waals surface area contributed by atoms with E-state index in [0.717, 1.165) is 23.3 Å². The molecule has 1 aliphatic heterocycles. The third-order valence-electron chi connectivity index (χ3n) is 5.75. The predicted molar refractivity (Wildman–Crippen MR) is 109 cm³/mol. The first-order valence-corrected chi connectivity index (χ1v) is 10.1. The summed E-state index contributed by atoms with van der Waals surface area (Å²) >= 11 is 0. The van der Waals surface area contributed by atoms with Gasteiger partial charge in [-0.15, -0.1) is 0 Å². The highest BCUT2D eigenvalue weighted by molar-refractivity contribution is 6.02. The Hall–Kier alpha value is -3.15. The van der Waals surface area contributed by atoms with Crippen molar-refractivity contribution >= 4 is 17.8 Å². The second kappa shape index (κ2) is 8.07. The minimum absolute atomic E-state index is 0.00254. The van der Waals surface area contributed by atoms with E-state index in [0.29, 0.717) is 11.1 Å². The van der Waals surface area contributed by atoms with Crippen LogP contribution in [0.2, 0.25) is 0 Å². The first-order valence-electron chi connectivity index (χ1n) is 10.1. The van der Waals surface area contributed by atoms with Crippen LogP contribution < -0.4 is 10.6 Å². The summed E-state index contributed by atoms with van der Waals surface area (Å²) in [7, 11) is 0. The molecule has 1 saturated heterocycles.